The molecule has 0 spiro atoms. The van der Waals surface area contributed by atoms with Crippen molar-refractivity contribution in [1.29, 1.82) is 0 Å². The van der Waals surface area contributed by atoms with Gasteiger partial charge in [-0.1, -0.05) is 68.1 Å². The monoisotopic (exact) mass is 432 g/mol. The minimum Gasteiger partial charge on any atom is -0.493 e. The second kappa shape index (κ2) is 12.1. The molecule has 0 aromatic heterocycles. The number of amides is 3. The molecule has 30 heavy (non-hydrogen) atoms. The fraction of sp³-hybridized carbons (Fsp3) is 0.391. The van der Waals surface area contributed by atoms with Gasteiger partial charge in [0.05, 0.1) is 17.7 Å². The first-order valence-corrected chi connectivity index (χ1v) is 10.5. The predicted octanol–water partition coefficient (Wildman–Crippen LogP) is 5.29. The van der Waals surface area contributed by atoms with Gasteiger partial charge in [-0.05, 0) is 18.1 Å². The summed E-state index contributed by atoms with van der Waals surface area (Å²) in [5.41, 5.74) is 1.14. The fourth-order valence-electron chi connectivity index (χ4n) is 2.85. The molecule has 0 aliphatic heterocycles. The quantitative estimate of drug-likeness (QED) is 0.518. The van der Waals surface area contributed by atoms with Crippen LogP contribution in [0.3, 0.4) is 0 Å². The molecule has 0 aliphatic carbocycles. The van der Waals surface area contributed by atoms with E-state index in [0.29, 0.717) is 24.7 Å². The molecule has 2 aromatic rings. The third-order valence-corrected chi connectivity index (χ3v) is 4.95. The molecule has 1 N–H and O–H groups in total. The maximum Gasteiger partial charge on any atom is 0.324 e. The van der Waals surface area contributed by atoms with E-state index < -0.39 is 11.9 Å². The van der Waals surface area contributed by atoms with E-state index in [1.807, 2.05) is 30.3 Å². The molecule has 2 aromatic carbocycles. The van der Waals surface area contributed by atoms with Gasteiger partial charge in [-0.15, -0.1) is 0 Å². The van der Waals surface area contributed by atoms with Crippen molar-refractivity contribution in [2.45, 2.75) is 39.2 Å². The van der Waals surface area contributed by atoms with E-state index in [-0.39, 0.29) is 10.6 Å². The molecule has 6 nitrogen and oxygen atoms in total. The zero-order chi connectivity index (χ0) is 21.9. The SMILES string of the molecule is CCCCCCNC(=O)N(C)C(=O)c1cc(OCc2ccccc2)c(OC)cc1Cl. The van der Waals surface area contributed by atoms with Crippen molar-refractivity contribution in [3.8, 4) is 11.5 Å². The van der Waals surface area contributed by atoms with Crippen molar-refractivity contribution < 1.29 is 19.1 Å². The third kappa shape index (κ3) is 6.66. The van der Waals surface area contributed by atoms with Gasteiger partial charge >= 0.3 is 6.03 Å². The average molecular weight is 433 g/mol. The summed E-state index contributed by atoms with van der Waals surface area (Å²) >= 11 is 6.29. The van der Waals surface area contributed by atoms with Crippen LogP contribution in [-0.4, -0.2) is 37.5 Å². The highest BCUT2D eigenvalue weighted by atomic mass is 35.5. The van der Waals surface area contributed by atoms with E-state index in [4.69, 9.17) is 21.1 Å². The number of imide groups is 1. The Hall–Kier alpha value is -2.73. The molecule has 0 radical (unpaired) electrons. The van der Waals surface area contributed by atoms with Crippen LogP contribution in [0, 0.1) is 0 Å². The first-order chi connectivity index (χ1) is 14.5. The summed E-state index contributed by atoms with van der Waals surface area (Å²) in [6.45, 7) is 2.96. The van der Waals surface area contributed by atoms with Crippen LogP contribution in [0.25, 0.3) is 0 Å². The Kier molecular flexibility index (Phi) is 9.48. The Morgan fingerprint density at radius 3 is 2.47 bits per heavy atom. The minimum absolute atomic E-state index is 0.171. The number of benzene rings is 2. The highest BCUT2D eigenvalue weighted by molar-refractivity contribution is 6.34. The number of nitrogens with one attached hydrogen (secondary N) is 1. The van der Waals surface area contributed by atoms with Crippen molar-refractivity contribution in [2.75, 3.05) is 20.7 Å². The van der Waals surface area contributed by atoms with Crippen LogP contribution >= 0.6 is 11.6 Å². The van der Waals surface area contributed by atoms with Gasteiger partial charge in [-0.3, -0.25) is 9.69 Å². The Balaban J connectivity index is 2.09. The van der Waals surface area contributed by atoms with Crippen LogP contribution in [0.2, 0.25) is 5.02 Å². The van der Waals surface area contributed by atoms with Crippen molar-refractivity contribution in [1.82, 2.24) is 10.2 Å². The summed E-state index contributed by atoms with van der Waals surface area (Å²) in [5, 5.41) is 2.95. The van der Waals surface area contributed by atoms with Crippen LogP contribution in [0.15, 0.2) is 42.5 Å². The molecule has 0 bridgehead atoms. The van der Waals surface area contributed by atoms with Crippen LogP contribution < -0.4 is 14.8 Å². The Bertz CT molecular complexity index is 843. The lowest BCUT2D eigenvalue weighted by Gasteiger charge is -2.19. The molecular formula is C23H29ClN2O4. The van der Waals surface area contributed by atoms with E-state index >= 15 is 0 Å². The molecule has 0 fully saturated rings. The van der Waals surface area contributed by atoms with E-state index in [0.717, 1.165) is 36.1 Å². The minimum atomic E-state index is -0.515. The number of urea groups is 1. The third-order valence-electron chi connectivity index (χ3n) is 4.64. The highest BCUT2D eigenvalue weighted by Crippen LogP contribution is 2.34. The van der Waals surface area contributed by atoms with Gasteiger partial charge in [-0.2, -0.15) is 0 Å². The molecular weight excluding hydrogens is 404 g/mol. The lowest BCUT2D eigenvalue weighted by Crippen LogP contribution is -2.41. The Labute approximate surface area is 183 Å². The first kappa shape index (κ1) is 23.5. The average Bonchev–Trinajstić information content (AvgIpc) is 2.77. The zero-order valence-corrected chi connectivity index (χ0v) is 18.5. The van der Waals surface area contributed by atoms with E-state index in [9.17, 15) is 9.59 Å². The standard InChI is InChI=1S/C23H29ClN2O4/c1-4-5-6-10-13-25-23(28)26(2)22(27)18-14-21(20(29-3)15-19(18)24)30-16-17-11-8-7-9-12-17/h7-9,11-12,14-15H,4-6,10,13,16H2,1-3H3,(H,25,28). The highest BCUT2D eigenvalue weighted by Gasteiger charge is 2.23. The van der Waals surface area contributed by atoms with E-state index in [1.54, 1.807) is 0 Å². The number of ether oxygens (including phenoxy) is 2. The molecule has 0 atom stereocenters. The van der Waals surface area contributed by atoms with Gasteiger partial charge in [0.15, 0.2) is 11.5 Å². The van der Waals surface area contributed by atoms with Gasteiger partial charge in [0.2, 0.25) is 0 Å². The smallest absolute Gasteiger partial charge is 0.324 e. The summed E-state index contributed by atoms with van der Waals surface area (Å²) in [5.74, 6) is 0.274. The largest absolute Gasteiger partial charge is 0.493 e. The normalized spacial score (nSPS) is 10.4. The van der Waals surface area contributed by atoms with Crippen LogP contribution in [0.1, 0.15) is 48.5 Å². The molecule has 162 valence electrons. The van der Waals surface area contributed by atoms with Crippen molar-refractivity contribution >= 4 is 23.5 Å². The van der Waals surface area contributed by atoms with Crippen LogP contribution in [0.5, 0.6) is 11.5 Å². The zero-order valence-electron chi connectivity index (χ0n) is 17.7. The number of methoxy groups -OCH3 is 1. The molecule has 0 heterocycles. The maximum atomic E-state index is 12.9. The van der Waals surface area contributed by atoms with E-state index in [2.05, 4.69) is 12.2 Å². The fourth-order valence-corrected chi connectivity index (χ4v) is 3.08. The summed E-state index contributed by atoms with van der Waals surface area (Å²) in [4.78, 5) is 26.2. The summed E-state index contributed by atoms with van der Waals surface area (Å²) in [6.07, 6.45) is 4.16. The molecule has 0 aliphatic rings. The number of halogens is 1. The van der Waals surface area contributed by atoms with Gasteiger partial charge in [0, 0.05) is 19.7 Å². The number of carbonyl (C=O) groups is 2. The molecule has 2 rings (SSSR count). The van der Waals surface area contributed by atoms with Gasteiger partial charge < -0.3 is 14.8 Å². The number of rotatable bonds is 10. The Morgan fingerprint density at radius 2 is 1.80 bits per heavy atom. The van der Waals surface area contributed by atoms with Crippen LogP contribution in [-0.2, 0) is 6.61 Å². The lowest BCUT2D eigenvalue weighted by molar-refractivity contribution is 0.0831. The van der Waals surface area contributed by atoms with Crippen LogP contribution in [0.4, 0.5) is 4.79 Å². The molecule has 3 amide bonds. The maximum absolute atomic E-state index is 12.9. The summed E-state index contributed by atoms with van der Waals surface area (Å²) in [7, 11) is 2.93. The van der Waals surface area contributed by atoms with Gasteiger partial charge in [0.25, 0.3) is 5.91 Å². The van der Waals surface area contributed by atoms with E-state index in [1.165, 1.54) is 26.3 Å². The molecule has 7 heteroatoms. The second-order valence-electron chi connectivity index (χ2n) is 6.91. The number of hydrogen-bond acceptors (Lipinski definition) is 4. The number of unbranched alkanes of at least 4 members (excludes halogenated alkanes) is 3. The predicted molar refractivity (Wildman–Crippen MR) is 118 cm³/mol. The van der Waals surface area contributed by atoms with Crippen molar-refractivity contribution in [2.24, 2.45) is 0 Å². The van der Waals surface area contributed by atoms with Gasteiger partial charge in [0.1, 0.15) is 6.61 Å². The molecule has 0 unspecified atom stereocenters. The number of hydrogen-bond donors (Lipinski definition) is 1. The lowest BCUT2D eigenvalue weighted by atomic mass is 10.1. The van der Waals surface area contributed by atoms with Gasteiger partial charge in [-0.25, -0.2) is 4.79 Å². The first-order valence-electron chi connectivity index (χ1n) is 10.1. The Morgan fingerprint density at radius 1 is 1.07 bits per heavy atom. The molecule has 0 saturated heterocycles. The summed E-state index contributed by atoms with van der Waals surface area (Å²) in [6, 6.07) is 12.2. The number of nitrogens with zero attached hydrogens (tertiary/aromatic N) is 1. The second-order valence-corrected chi connectivity index (χ2v) is 7.32. The van der Waals surface area contributed by atoms with Crippen molar-refractivity contribution in [3.05, 3.63) is 58.6 Å². The summed E-state index contributed by atoms with van der Waals surface area (Å²) < 4.78 is 11.2. The topological polar surface area (TPSA) is 67.9 Å². The molecule has 0 saturated carbocycles. The van der Waals surface area contributed by atoms with Crippen molar-refractivity contribution in [3.63, 3.8) is 0 Å². The number of carbonyl (C=O) groups excluding carboxylic acids is 2.